The minimum absolute atomic E-state index is 0.0543. The summed E-state index contributed by atoms with van der Waals surface area (Å²) in [6.07, 6.45) is 2.05. The second kappa shape index (κ2) is 9.50. The highest BCUT2D eigenvalue weighted by Crippen LogP contribution is 2.26. The molecule has 2 heterocycles. The van der Waals surface area contributed by atoms with Gasteiger partial charge in [0.2, 0.25) is 10.0 Å². The van der Waals surface area contributed by atoms with E-state index in [4.69, 9.17) is 0 Å². The van der Waals surface area contributed by atoms with Crippen LogP contribution in [0, 0.1) is 17.6 Å². The molecule has 2 aromatic rings. The average molecular weight is 468 g/mol. The van der Waals surface area contributed by atoms with Gasteiger partial charge >= 0.3 is 0 Å². The molecule has 3 rings (SSSR count). The van der Waals surface area contributed by atoms with Gasteiger partial charge in [0.1, 0.15) is 22.2 Å². The molecule has 1 saturated heterocycles. The predicted molar refractivity (Wildman–Crippen MR) is 115 cm³/mol. The number of nitrogens with zero attached hydrogens (tertiary/aromatic N) is 3. The number of halogens is 2. The van der Waals surface area contributed by atoms with Gasteiger partial charge in [-0.15, -0.1) is 0 Å². The van der Waals surface area contributed by atoms with Gasteiger partial charge in [-0.05, 0) is 37.1 Å². The average Bonchev–Trinajstić information content (AvgIpc) is 3.17. The number of rotatable bonds is 7. The molecular formula is C22H27F2N3O4S. The second-order valence-corrected chi connectivity index (χ2v) is 9.75. The number of benzene rings is 1. The third-order valence-electron chi connectivity index (χ3n) is 5.89. The topological polar surface area (TPSA) is 79.7 Å². The van der Waals surface area contributed by atoms with Gasteiger partial charge < -0.3 is 9.47 Å². The normalized spacial score (nSPS) is 15.4. The number of sulfonamides is 1. The van der Waals surface area contributed by atoms with Crippen molar-refractivity contribution in [3.63, 3.8) is 0 Å². The summed E-state index contributed by atoms with van der Waals surface area (Å²) in [5.74, 6) is -2.76. The van der Waals surface area contributed by atoms with Crippen molar-refractivity contribution in [1.29, 1.82) is 0 Å². The van der Waals surface area contributed by atoms with Crippen LogP contribution in [-0.2, 0) is 17.1 Å². The minimum Gasteiger partial charge on any atom is -0.345 e. The van der Waals surface area contributed by atoms with E-state index in [1.807, 2.05) is 0 Å². The summed E-state index contributed by atoms with van der Waals surface area (Å²) in [5.41, 5.74) is -0.0415. The Balaban J connectivity index is 1.72. The first-order valence-corrected chi connectivity index (χ1v) is 12.0. The maximum atomic E-state index is 13.9. The van der Waals surface area contributed by atoms with Gasteiger partial charge in [0.25, 0.3) is 5.91 Å². The molecular weight excluding hydrogens is 440 g/mol. The van der Waals surface area contributed by atoms with E-state index >= 15 is 0 Å². The van der Waals surface area contributed by atoms with Crippen LogP contribution in [-0.4, -0.2) is 60.1 Å². The van der Waals surface area contributed by atoms with Crippen LogP contribution in [0.2, 0.25) is 0 Å². The fourth-order valence-electron chi connectivity index (χ4n) is 4.01. The lowest BCUT2D eigenvalue weighted by atomic mass is 9.88. The molecule has 1 aliphatic rings. The van der Waals surface area contributed by atoms with Crippen molar-refractivity contribution >= 4 is 21.7 Å². The van der Waals surface area contributed by atoms with Gasteiger partial charge in [-0.2, -0.15) is 4.31 Å². The fraction of sp³-hybridized carbons (Fsp3) is 0.455. The van der Waals surface area contributed by atoms with Gasteiger partial charge in [0.15, 0.2) is 5.78 Å². The summed E-state index contributed by atoms with van der Waals surface area (Å²) in [4.78, 5) is 27.2. The molecule has 0 radical (unpaired) electrons. The number of likely N-dealkylation sites (tertiary alicyclic amines) is 1. The Morgan fingerprint density at radius 1 is 1.09 bits per heavy atom. The van der Waals surface area contributed by atoms with Crippen LogP contribution in [0.3, 0.4) is 0 Å². The summed E-state index contributed by atoms with van der Waals surface area (Å²) in [6.45, 7) is 4.66. The predicted octanol–water partition coefficient (Wildman–Crippen LogP) is 3.07. The molecule has 0 saturated carbocycles. The van der Waals surface area contributed by atoms with E-state index in [-0.39, 0.29) is 35.1 Å². The SMILES string of the molecule is CCN(CC)S(=O)(=O)c1cc(C(=O)N2CCC(C(=O)c3cc(F)ccc3F)CC2)n(C)c1. The fourth-order valence-corrected chi connectivity index (χ4v) is 5.54. The van der Waals surface area contributed by atoms with Crippen LogP contribution < -0.4 is 0 Å². The molecule has 32 heavy (non-hydrogen) atoms. The molecule has 0 aliphatic carbocycles. The Morgan fingerprint density at radius 2 is 1.72 bits per heavy atom. The van der Waals surface area contributed by atoms with E-state index in [2.05, 4.69) is 0 Å². The third-order valence-corrected chi connectivity index (χ3v) is 7.90. The number of ketones is 1. The largest absolute Gasteiger partial charge is 0.345 e. The van der Waals surface area contributed by atoms with Crippen LogP contribution in [0.5, 0.6) is 0 Å². The van der Waals surface area contributed by atoms with Gasteiger partial charge in [0, 0.05) is 45.3 Å². The zero-order valence-electron chi connectivity index (χ0n) is 18.3. The second-order valence-electron chi connectivity index (χ2n) is 7.82. The molecule has 1 fully saturated rings. The summed E-state index contributed by atoms with van der Waals surface area (Å²) in [5, 5.41) is 0. The summed E-state index contributed by atoms with van der Waals surface area (Å²) in [7, 11) is -2.09. The highest BCUT2D eigenvalue weighted by molar-refractivity contribution is 7.89. The molecule has 0 unspecified atom stereocenters. The Labute approximate surface area is 186 Å². The summed E-state index contributed by atoms with van der Waals surface area (Å²) < 4.78 is 55.7. The molecule has 0 spiro atoms. The van der Waals surface area contributed by atoms with Crippen molar-refractivity contribution in [2.24, 2.45) is 13.0 Å². The summed E-state index contributed by atoms with van der Waals surface area (Å²) in [6, 6.07) is 4.16. The summed E-state index contributed by atoms with van der Waals surface area (Å²) >= 11 is 0. The van der Waals surface area contributed by atoms with E-state index in [1.165, 1.54) is 21.1 Å². The van der Waals surface area contributed by atoms with Crippen molar-refractivity contribution in [3.8, 4) is 0 Å². The lowest BCUT2D eigenvalue weighted by Crippen LogP contribution is -2.41. The Hall–Kier alpha value is -2.59. The van der Waals surface area contributed by atoms with Crippen LogP contribution in [0.15, 0.2) is 35.4 Å². The van der Waals surface area contributed by atoms with Crippen LogP contribution in [0.1, 0.15) is 47.5 Å². The van der Waals surface area contributed by atoms with E-state index in [0.717, 1.165) is 18.2 Å². The Kier molecular flexibility index (Phi) is 7.14. The first-order valence-electron chi connectivity index (χ1n) is 10.5. The van der Waals surface area contributed by atoms with Crippen LogP contribution in [0.25, 0.3) is 0 Å². The van der Waals surface area contributed by atoms with E-state index in [9.17, 15) is 26.8 Å². The lowest BCUT2D eigenvalue weighted by Gasteiger charge is -2.31. The van der Waals surface area contributed by atoms with Gasteiger partial charge in [-0.1, -0.05) is 13.8 Å². The first kappa shape index (κ1) is 24.1. The van der Waals surface area contributed by atoms with Crippen molar-refractivity contribution in [2.45, 2.75) is 31.6 Å². The van der Waals surface area contributed by atoms with Gasteiger partial charge in [-0.3, -0.25) is 9.59 Å². The maximum Gasteiger partial charge on any atom is 0.270 e. The highest BCUT2D eigenvalue weighted by Gasteiger charge is 2.32. The quantitative estimate of drug-likeness (QED) is 0.587. The zero-order valence-corrected chi connectivity index (χ0v) is 19.2. The lowest BCUT2D eigenvalue weighted by molar-refractivity contribution is 0.0641. The minimum atomic E-state index is -3.69. The molecule has 1 aromatic heterocycles. The highest BCUT2D eigenvalue weighted by atomic mass is 32.2. The Bertz CT molecular complexity index is 1120. The number of piperidine rings is 1. The van der Waals surface area contributed by atoms with E-state index in [0.29, 0.717) is 25.9 Å². The van der Waals surface area contributed by atoms with Crippen molar-refractivity contribution in [3.05, 3.63) is 53.4 Å². The number of hydrogen-bond acceptors (Lipinski definition) is 4. The molecule has 1 aliphatic heterocycles. The standard InChI is InChI=1S/C22H27F2N3O4S/c1-4-27(5-2)32(30,31)17-13-20(25(3)14-17)22(29)26-10-8-15(9-11-26)21(28)18-12-16(23)6-7-19(18)24/h6-7,12-15H,4-5,8-11H2,1-3H3. The van der Waals surface area contributed by atoms with Crippen molar-refractivity contribution < 1.29 is 26.8 Å². The number of carbonyl (C=O) groups is 2. The number of aryl methyl sites for hydroxylation is 1. The van der Waals surface area contributed by atoms with Gasteiger partial charge in [-0.25, -0.2) is 17.2 Å². The number of amides is 1. The molecule has 174 valence electrons. The number of hydrogen-bond donors (Lipinski definition) is 0. The number of Topliss-reactive ketones (excluding diaryl/α,β-unsaturated/α-hetero) is 1. The first-order chi connectivity index (χ1) is 15.1. The van der Waals surface area contributed by atoms with E-state index < -0.39 is 33.4 Å². The monoisotopic (exact) mass is 467 g/mol. The molecule has 10 heteroatoms. The molecule has 0 N–H and O–H groups in total. The van der Waals surface area contributed by atoms with Crippen molar-refractivity contribution in [2.75, 3.05) is 26.2 Å². The van der Waals surface area contributed by atoms with Crippen molar-refractivity contribution in [1.82, 2.24) is 13.8 Å². The molecule has 0 atom stereocenters. The molecule has 7 nitrogen and oxygen atoms in total. The zero-order chi connectivity index (χ0) is 23.6. The van der Waals surface area contributed by atoms with Crippen LogP contribution in [0.4, 0.5) is 8.78 Å². The van der Waals surface area contributed by atoms with Crippen LogP contribution >= 0.6 is 0 Å². The Morgan fingerprint density at radius 3 is 2.31 bits per heavy atom. The third kappa shape index (κ3) is 4.61. The van der Waals surface area contributed by atoms with Gasteiger partial charge in [0.05, 0.1) is 5.56 Å². The smallest absolute Gasteiger partial charge is 0.270 e. The number of aromatic nitrogens is 1. The number of carbonyl (C=O) groups excluding carboxylic acids is 2. The maximum absolute atomic E-state index is 13.9. The van der Waals surface area contributed by atoms with E-state index in [1.54, 1.807) is 25.8 Å². The molecule has 0 bridgehead atoms. The molecule has 1 amide bonds. The molecule has 1 aromatic carbocycles.